The molecule has 0 fully saturated rings. The van der Waals surface area contributed by atoms with Crippen molar-refractivity contribution in [3.63, 3.8) is 0 Å². The Morgan fingerprint density at radius 3 is 1.52 bits per heavy atom. The standard InChI is InChI=1S/C19H41NO/c1-4-5-6-7-8-9-10-11-12-13-14-15-16-17-21-18-20-19(2)3/h19-20H,4-18H2,1-3H3. The van der Waals surface area contributed by atoms with E-state index in [4.69, 9.17) is 4.74 Å². The minimum Gasteiger partial charge on any atom is -0.366 e. The zero-order valence-corrected chi connectivity index (χ0v) is 15.1. The topological polar surface area (TPSA) is 21.3 Å². The minimum atomic E-state index is 0.525. The number of hydrogen-bond donors (Lipinski definition) is 1. The summed E-state index contributed by atoms with van der Waals surface area (Å²) < 4.78 is 5.53. The highest BCUT2D eigenvalue weighted by Crippen LogP contribution is 2.12. The van der Waals surface area contributed by atoms with Crippen LogP contribution < -0.4 is 5.32 Å². The molecule has 0 saturated heterocycles. The van der Waals surface area contributed by atoms with E-state index in [1.807, 2.05) is 0 Å². The van der Waals surface area contributed by atoms with Crippen molar-refractivity contribution in [1.29, 1.82) is 0 Å². The highest BCUT2D eigenvalue weighted by molar-refractivity contribution is 4.49. The Balaban J connectivity index is 2.93. The van der Waals surface area contributed by atoms with Gasteiger partial charge in [-0.25, -0.2) is 0 Å². The van der Waals surface area contributed by atoms with Crippen LogP contribution in [0.2, 0.25) is 0 Å². The third kappa shape index (κ3) is 19.9. The van der Waals surface area contributed by atoms with E-state index in [2.05, 4.69) is 26.1 Å². The normalized spacial score (nSPS) is 11.4. The first-order chi connectivity index (χ1) is 10.3. The molecule has 0 aliphatic rings. The van der Waals surface area contributed by atoms with Crippen molar-refractivity contribution in [1.82, 2.24) is 5.32 Å². The summed E-state index contributed by atoms with van der Waals surface area (Å²) in [6.45, 7) is 8.20. The van der Waals surface area contributed by atoms with Gasteiger partial charge in [-0.1, -0.05) is 84.0 Å². The van der Waals surface area contributed by atoms with E-state index in [9.17, 15) is 0 Å². The number of ether oxygens (including phenoxy) is 1. The third-order valence-electron chi connectivity index (χ3n) is 3.99. The van der Waals surface area contributed by atoms with Crippen LogP contribution in [0.3, 0.4) is 0 Å². The molecular formula is C19H41NO. The van der Waals surface area contributed by atoms with E-state index < -0.39 is 0 Å². The zero-order valence-electron chi connectivity index (χ0n) is 15.1. The first-order valence-electron chi connectivity index (χ1n) is 9.58. The quantitative estimate of drug-likeness (QED) is 0.261. The van der Waals surface area contributed by atoms with Gasteiger partial charge < -0.3 is 4.74 Å². The number of hydrogen-bond acceptors (Lipinski definition) is 2. The second-order valence-electron chi connectivity index (χ2n) is 6.65. The van der Waals surface area contributed by atoms with E-state index >= 15 is 0 Å². The molecule has 0 heterocycles. The Labute approximate surface area is 134 Å². The Bertz CT molecular complexity index is 182. The van der Waals surface area contributed by atoms with Crippen molar-refractivity contribution in [2.75, 3.05) is 13.3 Å². The maximum absolute atomic E-state index is 5.53. The Kier molecular flexibility index (Phi) is 17.9. The van der Waals surface area contributed by atoms with Gasteiger partial charge in [-0.2, -0.15) is 0 Å². The van der Waals surface area contributed by atoms with E-state index in [-0.39, 0.29) is 0 Å². The van der Waals surface area contributed by atoms with Crippen LogP contribution in [-0.2, 0) is 4.74 Å². The Morgan fingerprint density at radius 2 is 1.10 bits per heavy atom. The molecule has 21 heavy (non-hydrogen) atoms. The summed E-state index contributed by atoms with van der Waals surface area (Å²) in [6.07, 6.45) is 18.3. The summed E-state index contributed by atoms with van der Waals surface area (Å²) in [4.78, 5) is 0. The lowest BCUT2D eigenvalue weighted by Crippen LogP contribution is -2.25. The average Bonchev–Trinajstić information content (AvgIpc) is 2.46. The summed E-state index contributed by atoms with van der Waals surface area (Å²) in [5, 5.41) is 3.27. The molecule has 2 nitrogen and oxygen atoms in total. The van der Waals surface area contributed by atoms with Crippen molar-refractivity contribution in [2.45, 2.75) is 110 Å². The summed E-state index contributed by atoms with van der Waals surface area (Å²) in [5.41, 5.74) is 0. The second kappa shape index (κ2) is 18.0. The maximum Gasteiger partial charge on any atom is 0.0967 e. The van der Waals surface area contributed by atoms with Gasteiger partial charge in [-0.05, 0) is 20.3 Å². The highest BCUT2D eigenvalue weighted by Gasteiger charge is 1.95. The summed E-state index contributed by atoms with van der Waals surface area (Å²) >= 11 is 0. The number of rotatable bonds is 17. The van der Waals surface area contributed by atoms with E-state index in [0.29, 0.717) is 12.8 Å². The first kappa shape index (κ1) is 20.9. The van der Waals surface area contributed by atoms with Crippen LogP contribution in [0, 0.1) is 0 Å². The molecule has 0 aromatic rings. The van der Waals surface area contributed by atoms with Crippen LogP contribution in [0.1, 0.15) is 104 Å². The monoisotopic (exact) mass is 299 g/mol. The molecule has 128 valence electrons. The Morgan fingerprint density at radius 1 is 0.667 bits per heavy atom. The number of unbranched alkanes of at least 4 members (excludes halogenated alkanes) is 12. The zero-order chi connectivity index (χ0) is 15.6. The molecule has 0 rings (SSSR count). The van der Waals surface area contributed by atoms with Gasteiger partial charge in [0.2, 0.25) is 0 Å². The molecule has 0 spiro atoms. The lowest BCUT2D eigenvalue weighted by atomic mass is 10.0. The van der Waals surface area contributed by atoms with Crippen LogP contribution in [0.4, 0.5) is 0 Å². The molecule has 0 aromatic heterocycles. The summed E-state index contributed by atoms with van der Waals surface area (Å²) in [6, 6.07) is 0.525. The maximum atomic E-state index is 5.53. The molecule has 0 aliphatic carbocycles. The molecule has 0 aromatic carbocycles. The van der Waals surface area contributed by atoms with Crippen molar-refractivity contribution in [3.8, 4) is 0 Å². The van der Waals surface area contributed by atoms with Gasteiger partial charge in [-0.3, -0.25) is 5.32 Å². The molecule has 0 saturated carbocycles. The van der Waals surface area contributed by atoms with Gasteiger partial charge >= 0.3 is 0 Å². The van der Waals surface area contributed by atoms with Gasteiger partial charge in [-0.15, -0.1) is 0 Å². The van der Waals surface area contributed by atoms with Crippen molar-refractivity contribution >= 4 is 0 Å². The molecular weight excluding hydrogens is 258 g/mol. The van der Waals surface area contributed by atoms with E-state index in [1.165, 1.54) is 83.5 Å². The van der Waals surface area contributed by atoms with Crippen LogP contribution >= 0.6 is 0 Å². The Hall–Kier alpha value is -0.0800. The lowest BCUT2D eigenvalue weighted by Gasteiger charge is -2.08. The van der Waals surface area contributed by atoms with Gasteiger partial charge in [0.05, 0.1) is 6.73 Å². The fourth-order valence-electron chi connectivity index (χ4n) is 2.52. The molecule has 0 bridgehead atoms. The molecule has 0 unspecified atom stereocenters. The average molecular weight is 300 g/mol. The second-order valence-corrected chi connectivity index (χ2v) is 6.65. The van der Waals surface area contributed by atoms with Gasteiger partial charge in [0.15, 0.2) is 0 Å². The third-order valence-corrected chi connectivity index (χ3v) is 3.99. The summed E-state index contributed by atoms with van der Waals surface area (Å²) in [7, 11) is 0. The van der Waals surface area contributed by atoms with Crippen LogP contribution in [-0.4, -0.2) is 19.4 Å². The molecule has 0 aliphatic heterocycles. The van der Waals surface area contributed by atoms with Gasteiger partial charge in [0, 0.05) is 12.6 Å². The van der Waals surface area contributed by atoms with Crippen molar-refractivity contribution in [2.24, 2.45) is 0 Å². The first-order valence-corrected chi connectivity index (χ1v) is 9.58. The fraction of sp³-hybridized carbons (Fsp3) is 1.00. The van der Waals surface area contributed by atoms with Crippen LogP contribution in [0.15, 0.2) is 0 Å². The largest absolute Gasteiger partial charge is 0.366 e. The minimum absolute atomic E-state index is 0.525. The fourth-order valence-corrected chi connectivity index (χ4v) is 2.52. The van der Waals surface area contributed by atoms with E-state index in [1.54, 1.807) is 0 Å². The highest BCUT2D eigenvalue weighted by atomic mass is 16.5. The molecule has 0 radical (unpaired) electrons. The molecule has 0 atom stereocenters. The predicted octanol–water partition coefficient (Wildman–Crippen LogP) is 6.05. The predicted molar refractivity (Wildman–Crippen MR) is 94.8 cm³/mol. The van der Waals surface area contributed by atoms with Crippen LogP contribution in [0.5, 0.6) is 0 Å². The van der Waals surface area contributed by atoms with E-state index in [0.717, 1.165) is 6.61 Å². The molecule has 1 N–H and O–H groups in total. The summed E-state index contributed by atoms with van der Waals surface area (Å²) in [5.74, 6) is 0. The van der Waals surface area contributed by atoms with Crippen molar-refractivity contribution in [3.05, 3.63) is 0 Å². The smallest absolute Gasteiger partial charge is 0.0967 e. The number of nitrogens with one attached hydrogen (secondary N) is 1. The molecule has 2 heteroatoms. The lowest BCUT2D eigenvalue weighted by molar-refractivity contribution is 0.107. The van der Waals surface area contributed by atoms with Gasteiger partial charge in [0.1, 0.15) is 0 Å². The molecule has 0 amide bonds. The SMILES string of the molecule is CCCCCCCCCCCCCCCOCNC(C)C. The van der Waals surface area contributed by atoms with Gasteiger partial charge in [0.25, 0.3) is 0 Å². The van der Waals surface area contributed by atoms with Crippen LogP contribution in [0.25, 0.3) is 0 Å². The van der Waals surface area contributed by atoms with Crippen molar-refractivity contribution < 1.29 is 4.74 Å².